The summed E-state index contributed by atoms with van der Waals surface area (Å²) in [4.78, 5) is 14.0. The lowest BCUT2D eigenvalue weighted by molar-refractivity contribution is 0.186. The minimum Gasteiger partial charge on any atom is -0.497 e. The number of anilines is 2. The van der Waals surface area contributed by atoms with Gasteiger partial charge in [-0.2, -0.15) is 0 Å². The molecule has 0 saturated carbocycles. The van der Waals surface area contributed by atoms with Crippen LogP contribution in [0.2, 0.25) is 0 Å². The number of nitrogens with zero attached hydrogens (tertiary/aromatic N) is 1. The quantitative estimate of drug-likeness (QED) is 0.806. The van der Waals surface area contributed by atoms with Crippen molar-refractivity contribution < 1.29 is 9.53 Å². The average Bonchev–Trinajstić information content (AvgIpc) is 2.42. The number of ether oxygens (including phenoxy) is 1. The molecule has 1 aromatic rings. The standard InChI is InChI=1S/C14H21N3O2/c1-10-5-7-17(8-6-10)14(18)16-13-9-11(19-2)3-4-12(13)15/h3-4,9-10H,5-8,15H2,1-2H3,(H,16,18). The molecule has 1 aliphatic heterocycles. The highest BCUT2D eigenvalue weighted by molar-refractivity contribution is 5.93. The summed E-state index contributed by atoms with van der Waals surface area (Å²) in [6.45, 7) is 3.82. The first-order chi connectivity index (χ1) is 9.10. The molecule has 5 heteroatoms. The lowest BCUT2D eigenvalue weighted by Crippen LogP contribution is -2.40. The molecule has 1 heterocycles. The van der Waals surface area contributed by atoms with Crippen molar-refractivity contribution in [2.75, 3.05) is 31.2 Å². The number of nitrogens with one attached hydrogen (secondary N) is 1. The number of rotatable bonds is 2. The van der Waals surface area contributed by atoms with Gasteiger partial charge in [0.05, 0.1) is 18.5 Å². The van der Waals surface area contributed by atoms with Crippen molar-refractivity contribution >= 4 is 17.4 Å². The predicted molar refractivity (Wildman–Crippen MR) is 76.4 cm³/mol. The summed E-state index contributed by atoms with van der Waals surface area (Å²) in [5.41, 5.74) is 7.00. The maximum absolute atomic E-state index is 12.1. The second-order valence-corrected chi connectivity index (χ2v) is 5.05. The van der Waals surface area contributed by atoms with Crippen LogP contribution in [0, 0.1) is 5.92 Å². The first-order valence-electron chi connectivity index (χ1n) is 6.59. The number of carbonyl (C=O) groups excluding carboxylic acids is 1. The Labute approximate surface area is 113 Å². The minimum atomic E-state index is -0.0909. The van der Waals surface area contributed by atoms with E-state index in [1.807, 2.05) is 4.90 Å². The summed E-state index contributed by atoms with van der Waals surface area (Å²) >= 11 is 0. The summed E-state index contributed by atoms with van der Waals surface area (Å²) in [6.07, 6.45) is 2.11. The van der Waals surface area contributed by atoms with Crippen molar-refractivity contribution in [1.82, 2.24) is 4.90 Å². The fourth-order valence-corrected chi connectivity index (χ4v) is 2.18. The maximum Gasteiger partial charge on any atom is 0.321 e. The van der Waals surface area contributed by atoms with Crippen LogP contribution in [-0.2, 0) is 0 Å². The van der Waals surface area contributed by atoms with Gasteiger partial charge in [-0.05, 0) is 30.9 Å². The van der Waals surface area contributed by atoms with E-state index in [4.69, 9.17) is 10.5 Å². The van der Waals surface area contributed by atoms with Crippen molar-refractivity contribution in [1.29, 1.82) is 0 Å². The molecule has 3 N–H and O–H groups in total. The monoisotopic (exact) mass is 263 g/mol. The van der Waals surface area contributed by atoms with Crippen LogP contribution in [0.25, 0.3) is 0 Å². The van der Waals surface area contributed by atoms with Crippen molar-refractivity contribution in [3.63, 3.8) is 0 Å². The van der Waals surface area contributed by atoms with Crippen LogP contribution in [0.5, 0.6) is 5.75 Å². The molecule has 0 aromatic heterocycles. The van der Waals surface area contributed by atoms with Crippen LogP contribution in [0.1, 0.15) is 19.8 Å². The number of nitrogens with two attached hydrogens (primary N) is 1. The van der Waals surface area contributed by atoms with Gasteiger partial charge in [-0.3, -0.25) is 0 Å². The number of amides is 2. The van der Waals surface area contributed by atoms with E-state index in [-0.39, 0.29) is 6.03 Å². The first kappa shape index (κ1) is 13.5. The summed E-state index contributed by atoms with van der Waals surface area (Å²) in [7, 11) is 1.59. The van der Waals surface area contributed by atoms with E-state index in [1.54, 1.807) is 25.3 Å². The summed E-state index contributed by atoms with van der Waals surface area (Å²) in [5.74, 6) is 1.38. The fraction of sp³-hybridized carbons (Fsp3) is 0.500. The van der Waals surface area contributed by atoms with Gasteiger partial charge in [-0.15, -0.1) is 0 Å². The van der Waals surface area contributed by atoms with Crippen molar-refractivity contribution in [3.8, 4) is 5.75 Å². The Morgan fingerprint density at radius 1 is 1.42 bits per heavy atom. The minimum absolute atomic E-state index is 0.0909. The SMILES string of the molecule is COc1ccc(N)c(NC(=O)N2CCC(C)CC2)c1. The highest BCUT2D eigenvalue weighted by atomic mass is 16.5. The highest BCUT2D eigenvalue weighted by Gasteiger charge is 2.20. The highest BCUT2D eigenvalue weighted by Crippen LogP contribution is 2.25. The van der Waals surface area contributed by atoms with E-state index in [2.05, 4.69) is 12.2 Å². The second-order valence-electron chi connectivity index (χ2n) is 5.05. The Morgan fingerprint density at radius 2 is 2.11 bits per heavy atom. The number of carbonyl (C=O) groups is 1. The third-order valence-electron chi connectivity index (χ3n) is 3.57. The van der Waals surface area contributed by atoms with Gasteiger partial charge in [-0.25, -0.2) is 4.79 Å². The second kappa shape index (κ2) is 5.82. The summed E-state index contributed by atoms with van der Waals surface area (Å²) in [5, 5.41) is 2.85. The summed E-state index contributed by atoms with van der Waals surface area (Å²) in [6, 6.07) is 5.15. The zero-order chi connectivity index (χ0) is 13.8. The van der Waals surface area contributed by atoms with Crippen LogP contribution in [-0.4, -0.2) is 31.1 Å². The number of urea groups is 1. The lowest BCUT2D eigenvalue weighted by Gasteiger charge is -2.30. The Kier molecular flexibility index (Phi) is 4.14. The number of methoxy groups -OCH3 is 1. The molecule has 0 radical (unpaired) electrons. The zero-order valence-corrected chi connectivity index (χ0v) is 11.5. The molecule has 0 bridgehead atoms. The molecule has 1 fully saturated rings. The molecule has 104 valence electrons. The van der Waals surface area contributed by atoms with Crippen LogP contribution < -0.4 is 15.8 Å². The third kappa shape index (κ3) is 3.30. The molecule has 2 rings (SSSR count). The Bertz CT molecular complexity index is 454. The van der Waals surface area contributed by atoms with Crippen LogP contribution in [0.15, 0.2) is 18.2 Å². The average molecular weight is 263 g/mol. The Morgan fingerprint density at radius 3 is 2.74 bits per heavy atom. The topological polar surface area (TPSA) is 67.6 Å². The number of benzene rings is 1. The summed E-state index contributed by atoms with van der Waals surface area (Å²) < 4.78 is 5.13. The van der Waals surface area contributed by atoms with Gasteiger partial charge < -0.3 is 20.7 Å². The molecule has 0 aliphatic carbocycles. The lowest BCUT2D eigenvalue weighted by atomic mass is 10.00. The normalized spacial score (nSPS) is 16.2. The van der Waals surface area contributed by atoms with E-state index in [0.717, 1.165) is 25.9 Å². The number of piperidine rings is 1. The van der Waals surface area contributed by atoms with Gasteiger partial charge in [0.15, 0.2) is 0 Å². The molecule has 5 nitrogen and oxygen atoms in total. The predicted octanol–water partition coefficient (Wildman–Crippen LogP) is 2.54. The smallest absolute Gasteiger partial charge is 0.321 e. The van der Waals surface area contributed by atoms with E-state index in [9.17, 15) is 4.79 Å². The number of hydrogen-bond acceptors (Lipinski definition) is 3. The molecule has 0 unspecified atom stereocenters. The molecule has 0 atom stereocenters. The molecule has 19 heavy (non-hydrogen) atoms. The van der Waals surface area contributed by atoms with Gasteiger partial charge in [0.1, 0.15) is 5.75 Å². The van der Waals surface area contributed by atoms with E-state index in [0.29, 0.717) is 23.0 Å². The molecule has 1 aliphatic rings. The molecule has 2 amide bonds. The fourth-order valence-electron chi connectivity index (χ4n) is 2.18. The van der Waals surface area contributed by atoms with Crippen molar-refractivity contribution in [3.05, 3.63) is 18.2 Å². The zero-order valence-electron chi connectivity index (χ0n) is 11.5. The molecular formula is C14H21N3O2. The van der Waals surface area contributed by atoms with Crippen LogP contribution in [0.4, 0.5) is 16.2 Å². The van der Waals surface area contributed by atoms with E-state index in [1.165, 1.54) is 0 Å². The maximum atomic E-state index is 12.1. The van der Waals surface area contributed by atoms with Gasteiger partial charge in [0.2, 0.25) is 0 Å². The van der Waals surface area contributed by atoms with E-state index >= 15 is 0 Å². The molecule has 0 spiro atoms. The first-order valence-corrected chi connectivity index (χ1v) is 6.59. The van der Waals surface area contributed by atoms with Crippen LogP contribution in [0.3, 0.4) is 0 Å². The van der Waals surface area contributed by atoms with Crippen molar-refractivity contribution in [2.24, 2.45) is 5.92 Å². The molecular weight excluding hydrogens is 242 g/mol. The van der Waals surface area contributed by atoms with Gasteiger partial charge in [0.25, 0.3) is 0 Å². The Balaban J connectivity index is 2.02. The molecule has 1 aromatic carbocycles. The van der Waals surface area contributed by atoms with Gasteiger partial charge in [-0.1, -0.05) is 6.92 Å². The number of hydrogen-bond donors (Lipinski definition) is 2. The number of nitrogen functional groups attached to an aromatic ring is 1. The van der Waals surface area contributed by atoms with Crippen molar-refractivity contribution in [2.45, 2.75) is 19.8 Å². The van der Waals surface area contributed by atoms with Crippen LogP contribution >= 0.6 is 0 Å². The van der Waals surface area contributed by atoms with E-state index < -0.39 is 0 Å². The van der Waals surface area contributed by atoms with Gasteiger partial charge in [0, 0.05) is 19.2 Å². The third-order valence-corrected chi connectivity index (χ3v) is 3.57. The molecule has 1 saturated heterocycles. The van der Waals surface area contributed by atoms with Gasteiger partial charge >= 0.3 is 6.03 Å². The number of likely N-dealkylation sites (tertiary alicyclic amines) is 1. The Hall–Kier alpha value is -1.91. The largest absolute Gasteiger partial charge is 0.497 e.